The number of aryl methyl sites for hydroxylation is 1. The van der Waals surface area contributed by atoms with Crippen molar-refractivity contribution >= 4 is 5.69 Å². The number of nitrogens with two attached hydrogens (primary N) is 1. The van der Waals surface area contributed by atoms with Gasteiger partial charge in [0.05, 0.1) is 24.5 Å². The molecule has 1 heterocycles. The van der Waals surface area contributed by atoms with Crippen molar-refractivity contribution in [3.63, 3.8) is 0 Å². The van der Waals surface area contributed by atoms with Crippen LogP contribution in [0.3, 0.4) is 0 Å². The molecule has 4 heteroatoms. The molecule has 1 aliphatic rings. The van der Waals surface area contributed by atoms with Gasteiger partial charge in [-0.2, -0.15) is 0 Å². The Morgan fingerprint density at radius 2 is 2.00 bits per heavy atom. The number of anilines is 1. The van der Waals surface area contributed by atoms with E-state index in [2.05, 4.69) is 24.8 Å². The number of hydrogen-bond acceptors (Lipinski definition) is 4. The van der Waals surface area contributed by atoms with E-state index in [-0.39, 0.29) is 0 Å². The smallest absolute Gasteiger partial charge is 0.142 e. The van der Waals surface area contributed by atoms with Crippen LogP contribution < -0.4 is 10.5 Å². The Bertz CT molecular complexity index is 440. The van der Waals surface area contributed by atoms with E-state index in [1.165, 1.54) is 5.56 Å². The second-order valence-corrected chi connectivity index (χ2v) is 5.93. The Labute approximate surface area is 128 Å². The zero-order valence-electron chi connectivity index (χ0n) is 13.5. The maximum absolute atomic E-state index is 6.01. The van der Waals surface area contributed by atoms with Crippen LogP contribution >= 0.6 is 0 Å². The van der Waals surface area contributed by atoms with Crippen molar-refractivity contribution in [1.82, 2.24) is 4.90 Å². The van der Waals surface area contributed by atoms with E-state index < -0.39 is 0 Å². The Morgan fingerprint density at radius 3 is 2.62 bits per heavy atom. The lowest BCUT2D eigenvalue weighted by molar-refractivity contribution is -0.0680. The van der Waals surface area contributed by atoms with Gasteiger partial charge < -0.3 is 15.2 Å². The Morgan fingerprint density at radius 1 is 1.29 bits per heavy atom. The molecule has 0 aromatic heterocycles. The summed E-state index contributed by atoms with van der Waals surface area (Å²) in [5, 5.41) is 0. The maximum Gasteiger partial charge on any atom is 0.142 e. The van der Waals surface area contributed by atoms with E-state index in [1.54, 1.807) is 0 Å². The van der Waals surface area contributed by atoms with Gasteiger partial charge in [-0.1, -0.05) is 6.07 Å². The van der Waals surface area contributed by atoms with E-state index >= 15 is 0 Å². The van der Waals surface area contributed by atoms with Gasteiger partial charge in [-0.15, -0.1) is 0 Å². The predicted molar refractivity (Wildman–Crippen MR) is 86.8 cm³/mol. The van der Waals surface area contributed by atoms with E-state index in [0.29, 0.717) is 18.8 Å². The molecular weight excluding hydrogens is 264 g/mol. The molecule has 0 bridgehead atoms. The minimum atomic E-state index is 0.342. The highest BCUT2D eigenvalue weighted by Gasteiger charge is 2.21. The molecule has 2 atom stereocenters. The van der Waals surface area contributed by atoms with Crippen LogP contribution in [-0.2, 0) is 11.2 Å². The first-order valence-corrected chi connectivity index (χ1v) is 7.97. The zero-order valence-corrected chi connectivity index (χ0v) is 13.5. The molecule has 0 spiro atoms. The quantitative estimate of drug-likeness (QED) is 0.819. The van der Waals surface area contributed by atoms with Gasteiger partial charge in [0, 0.05) is 13.1 Å². The van der Waals surface area contributed by atoms with Gasteiger partial charge in [0.1, 0.15) is 5.75 Å². The maximum atomic E-state index is 6.01. The third kappa shape index (κ3) is 4.90. The average molecular weight is 292 g/mol. The third-order valence-corrected chi connectivity index (χ3v) is 3.81. The van der Waals surface area contributed by atoms with E-state index in [1.807, 2.05) is 19.1 Å². The molecule has 2 N–H and O–H groups in total. The fraction of sp³-hybridized carbons (Fsp3) is 0.647. The zero-order chi connectivity index (χ0) is 15.2. The van der Waals surface area contributed by atoms with Crippen LogP contribution in [0.25, 0.3) is 0 Å². The molecule has 21 heavy (non-hydrogen) atoms. The highest BCUT2D eigenvalue weighted by atomic mass is 16.5. The summed E-state index contributed by atoms with van der Waals surface area (Å²) in [6, 6.07) is 6.13. The first kappa shape index (κ1) is 16.1. The molecule has 0 radical (unpaired) electrons. The highest BCUT2D eigenvalue weighted by Crippen LogP contribution is 2.23. The lowest BCUT2D eigenvalue weighted by Crippen LogP contribution is -2.45. The number of benzene rings is 1. The predicted octanol–water partition coefficient (Wildman–Crippen LogP) is 2.71. The van der Waals surface area contributed by atoms with Gasteiger partial charge in [-0.05, 0) is 57.9 Å². The van der Waals surface area contributed by atoms with Crippen molar-refractivity contribution in [3.8, 4) is 5.75 Å². The Hall–Kier alpha value is -1.26. The first-order valence-electron chi connectivity index (χ1n) is 7.97. The van der Waals surface area contributed by atoms with Crippen molar-refractivity contribution in [1.29, 1.82) is 0 Å². The number of rotatable bonds is 6. The van der Waals surface area contributed by atoms with E-state index in [9.17, 15) is 0 Å². The van der Waals surface area contributed by atoms with Crippen LogP contribution in [0.2, 0.25) is 0 Å². The molecule has 0 saturated carbocycles. The number of hydrogen-bond donors (Lipinski definition) is 1. The van der Waals surface area contributed by atoms with E-state index in [0.717, 1.165) is 43.9 Å². The topological polar surface area (TPSA) is 47.7 Å². The molecule has 0 amide bonds. The van der Waals surface area contributed by atoms with Gasteiger partial charge in [0.2, 0.25) is 0 Å². The summed E-state index contributed by atoms with van der Waals surface area (Å²) >= 11 is 0. The Balaban J connectivity index is 1.79. The summed E-state index contributed by atoms with van der Waals surface area (Å²) in [6.07, 6.45) is 2.88. The van der Waals surface area contributed by atoms with Crippen molar-refractivity contribution in [3.05, 3.63) is 23.8 Å². The second-order valence-electron chi connectivity index (χ2n) is 5.93. The van der Waals surface area contributed by atoms with Crippen LogP contribution in [0.15, 0.2) is 18.2 Å². The molecule has 118 valence electrons. The van der Waals surface area contributed by atoms with Crippen LogP contribution in [0.5, 0.6) is 5.75 Å². The number of morpholine rings is 1. The minimum absolute atomic E-state index is 0.342. The summed E-state index contributed by atoms with van der Waals surface area (Å²) in [4.78, 5) is 2.50. The van der Waals surface area contributed by atoms with E-state index in [4.69, 9.17) is 15.2 Å². The standard InChI is InChI=1S/C17H28N2O2/c1-4-20-17-8-7-15(10-16(17)18)6-5-9-19-11-13(2)21-14(3)12-19/h7-8,10,13-14H,4-6,9,11-12,18H2,1-3H3. The molecule has 4 nitrogen and oxygen atoms in total. The summed E-state index contributed by atoms with van der Waals surface area (Å²) in [7, 11) is 0. The van der Waals surface area contributed by atoms with Crippen molar-refractivity contribution < 1.29 is 9.47 Å². The molecule has 0 aliphatic carbocycles. The van der Waals surface area contributed by atoms with Crippen molar-refractivity contribution in [2.45, 2.75) is 45.8 Å². The van der Waals surface area contributed by atoms with Crippen molar-refractivity contribution in [2.75, 3.05) is 32.0 Å². The molecule has 1 aromatic rings. The van der Waals surface area contributed by atoms with Crippen LogP contribution in [0.1, 0.15) is 32.8 Å². The second kappa shape index (κ2) is 7.66. The highest BCUT2D eigenvalue weighted by molar-refractivity contribution is 5.54. The fourth-order valence-corrected chi connectivity index (χ4v) is 3.01. The van der Waals surface area contributed by atoms with Gasteiger partial charge in [-0.3, -0.25) is 4.90 Å². The van der Waals surface area contributed by atoms with Crippen LogP contribution in [0, 0.1) is 0 Å². The van der Waals surface area contributed by atoms with Crippen LogP contribution in [-0.4, -0.2) is 43.3 Å². The summed E-state index contributed by atoms with van der Waals surface area (Å²) in [6.45, 7) is 10.1. The van der Waals surface area contributed by atoms with Gasteiger partial charge in [0.15, 0.2) is 0 Å². The molecule has 1 aliphatic heterocycles. The van der Waals surface area contributed by atoms with Crippen molar-refractivity contribution in [2.24, 2.45) is 0 Å². The average Bonchev–Trinajstić information content (AvgIpc) is 2.41. The lowest BCUT2D eigenvalue weighted by Gasteiger charge is -2.35. The lowest BCUT2D eigenvalue weighted by atomic mass is 10.1. The monoisotopic (exact) mass is 292 g/mol. The SMILES string of the molecule is CCOc1ccc(CCCN2CC(C)OC(C)C2)cc1N. The number of nitrogens with zero attached hydrogens (tertiary/aromatic N) is 1. The van der Waals surface area contributed by atoms with Gasteiger partial charge in [0.25, 0.3) is 0 Å². The van der Waals surface area contributed by atoms with Crippen LogP contribution in [0.4, 0.5) is 5.69 Å². The molecule has 1 aromatic carbocycles. The fourth-order valence-electron chi connectivity index (χ4n) is 3.01. The molecule has 2 rings (SSSR count). The number of nitrogen functional groups attached to an aromatic ring is 1. The van der Waals surface area contributed by atoms with Gasteiger partial charge >= 0.3 is 0 Å². The van der Waals surface area contributed by atoms with Gasteiger partial charge in [-0.25, -0.2) is 0 Å². The number of ether oxygens (including phenoxy) is 2. The Kier molecular flexibility index (Phi) is 5.88. The molecule has 1 saturated heterocycles. The third-order valence-electron chi connectivity index (χ3n) is 3.81. The normalized spacial score (nSPS) is 23.2. The molecule has 2 unspecified atom stereocenters. The summed E-state index contributed by atoms with van der Waals surface area (Å²) in [5.41, 5.74) is 8.03. The summed E-state index contributed by atoms with van der Waals surface area (Å²) < 4.78 is 11.2. The summed E-state index contributed by atoms with van der Waals surface area (Å²) in [5.74, 6) is 0.789. The minimum Gasteiger partial charge on any atom is -0.492 e. The molecule has 1 fully saturated rings. The first-order chi connectivity index (χ1) is 10.1. The molecular formula is C17H28N2O2. The largest absolute Gasteiger partial charge is 0.492 e.